The van der Waals surface area contributed by atoms with Crippen LogP contribution in [0.1, 0.15) is 12.8 Å². The summed E-state index contributed by atoms with van der Waals surface area (Å²) in [6, 6.07) is 6.77. The molecule has 29 heavy (non-hydrogen) atoms. The first-order chi connectivity index (χ1) is 13.9. The molecule has 0 aromatic heterocycles. The molecule has 0 atom stereocenters. The molecule has 0 saturated carbocycles. The van der Waals surface area contributed by atoms with Gasteiger partial charge >= 0.3 is 0 Å². The fourth-order valence-corrected chi connectivity index (χ4v) is 3.97. The summed E-state index contributed by atoms with van der Waals surface area (Å²) in [6.07, 6.45) is 1.40. The SMILES string of the molecule is CN(C)C(=O)CN1CCN(C(=O)C2CCN(c3ccccc3[N+](=O)[O-])CC2)CC1. The van der Waals surface area contributed by atoms with Crippen LogP contribution in [0.3, 0.4) is 0 Å². The molecule has 2 amide bonds. The zero-order chi connectivity index (χ0) is 21.0. The van der Waals surface area contributed by atoms with Crippen molar-refractivity contribution in [2.24, 2.45) is 5.92 Å². The third-order valence-electron chi connectivity index (χ3n) is 5.80. The zero-order valence-corrected chi connectivity index (χ0v) is 17.1. The Morgan fingerprint density at radius 3 is 2.28 bits per heavy atom. The Morgan fingerprint density at radius 2 is 1.69 bits per heavy atom. The molecule has 0 aliphatic carbocycles. The highest BCUT2D eigenvalue weighted by Gasteiger charge is 2.32. The number of nitrogens with zero attached hydrogens (tertiary/aromatic N) is 5. The molecule has 1 aromatic carbocycles. The van der Waals surface area contributed by atoms with E-state index in [4.69, 9.17) is 0 Å². The van der Waals surface area contributed by atoms with Crippen LogP contribution in [-0.2, 0) is 9.59 Å². The van der Waals surface area contributed by atoms with Crippen LogP contribution < -0.4 is 4.90 Å². The average Bonchev–Trinajstić information content (AvgIpc) is 2.73. The van der Waals surface area contributed by atoms with Crippen molar-refractivity contribution in [2.75, 3.05) is 64.8 Å². The van der Waals surface area contributed by atoms with Gasteiger partial charge in [-0.25, -0.2) is 0 Å². The average molecular weight is 403 g/mol. The summed E-state index contributed by atoms with van der Waals surface area (Å²) in [7, 11) is 3.50. The number of piperazine rings is 1. The van der Waals surface area contributed by atoms with E-state index < -0.39 is 0 Å². The van der Waals surface area contributed by atoms with Gasteiger partial charge < -0.3 is 14.7 Å². The first-order valence-corrected chi connectivity index (χ1v) is 10.1. The van der Waals surface area contributed by atoms with Gasteiger partial charge in [0.25, 0.3) is 5.69 Å². The van der Waals surface area contributed by atoms with Crippen molar-refractivity contribution in [1.82, 2.24) is 14.7 Å². The molecule has 0 radical (unpaired) electrons. The number of para-hydroxylation sites is 2. The monoisotopic (exact) mass is 403 g/mol. The van der Waals surface area contributed by atoms with Crippen LogP contribution in [0.5, 0.6) is 0 Å². The van der Waals surface area contributed by atoms with Gasteiger partial charge in [0.1, 0.15) is 5.69 Å². The van der Waals surface area contributed by atoms with E-state index in [1.807, 2.05) is 9.80 Å². The Balaban J connectivity index is 1.50. The van der Waals surface area contributed by atoms with Gasteiger partial charge in [-0.1, -0.05) is 12.1 Å². The lowest BCUT2D eigenvalue weighted by Crippen LogP contribution is -2.53. The van der Waals surface area contributed by atoms with E-state index in [9.17, 15) is 19.7 Å². The molecule has 2 saturated heterocycles. The van der Waals surface area contributed by atoms with Gasteiger partial charge in [-0.05, 0) is 18.9 Å². The van der Waals surface area contributed by atoms with Crippen molar-refractivity contribution >= 4 is 23.2 Å². The number of nitro benzene ring substituents is 1. The minimum absolute atomic E-state index is 0.0380. The number of piperidine rings is 1. The van der Waals surface area contributed by atoms with Crippen LogP contribution in [0, 0.1) is 16.0 Å². The highest BCUT2D eigenvalue weighted by atomic mass is 16.6. The normalized spacial score (nSPS) is 18.6. The lowest BCUT2D eigenvalue weighted by atomic mass is 9.94. The van der Waals surface area contributed by atoms with Gasteiger partial charge in [0.2, 0.25) is 11.8 Å². The molecule has 2 heterocycles. The van der Waals surface area contributed by atoms with Gasteiger partial charge in [0.15, 0.2) is 0 Å². The topological polar surface area (TPSA) is 90.2 Å². The van der Waals surface area contributed by atoms with Crippen LogP contribution >= 0.6 is 0 Å². The highest BCUT2D eigenvalue weighted by molar-refractivity contribution is 5.80. The summed E-state index contributed by atoms with van der Waals surface area (Å²) in [5.41, 5.74) is 0.739. The van der Waals surface area contributed by atoms with Crippen molar-refractivity contribution in [2.45, 2.75) is 12.8 Å². The maximum Gasteiger partial charge on any atom is 0.292 e. The second kappa shape index (κ2) is 9.21. The summed E-state index contributed by atoms with van der Waals surface area (Å²) in [5, 5.41) is 11.3. The molecule has 9 heteroatoms. The molecule has 0 spiro atoms. The highest BCUT2D eigenvalue weighted by Crippen LogP contribution is 2.31. The lowest BCUT2D eigenvalue weighted by molar-refractivity contribution is -0.384. The number of hydrogen-bond acceptors (Lipinski definition) is 6. The predicted molar refractivity (Wildman–Crippen MR) is 110 cm³/mol. The van der Waals surface area contributed by atoms with Gasteiger partial charge in [0, 0.05) is 65.3 Å². The van der Waals surface area contributed by atoms with Crippen molar-refractivity contribution in [3.63, 3.8) is 0 Å². The fourth-order valence-electron chi connectivity index (χ4n) is 3.97. The number of likely N-dealkylation sites (N-methyl/N-ethyl adjacent to an activating group) is 1. The van der Waals surface area contributed by atoms with E-state index in [1.165, 1.54) is 6.07 Å². The van der Waals surface area contributed by atoms with E-state index in [2.05, 4.69) is 4.90 Å². The molecule has 9 nitrogen and oxygen atoms in total. The standard InChI is InChI=1S/C20H29N5O4/c1-21(2)19(26)15-22-11-13-24(14-12-22)20(27)16-7-9-23(10-8-16)17-5-3-4-6-18(17)25(28)29/h3-6,16H,7-15H2,1-2H3. The van der Waals surface area contributed by atoms with Crippen LogP contribution in [0.15, 0.2) is 24.3 Å². The Morgan fingerprint density at radius 1 is 1.07 bits per heavy atom. The summed E-state index contributed by atoms with van der Waals surface area (Å²) < 4.78 is 0. The number of carbonyl (C=O) groups excluding carboxylic acids is 2. The molecular formula is C20H29N5O4. The molecule has 3 rings (SSSR count). The van der Waals surface area contributed by atoms with Gasteiger partial charge in [-0.15, -0.1) is 0 Å². The summed E-state index contributed by atoms with van der Waals surface area (Å²) >= 11 is 0. The number of amides is 2. The number of anilines is 1. The minimum Gasteiger partial charge on any atom is -0.366 e. The van der Waals surface area contributed by atoms with Crippen LogP contribution in [0.25, 0.3) is 0 Å². The van der Waals surface area contributed by atoms with Crippen LogP contribution in [0.2, 0.25) is 0 Å². The predicted octanol–water partition coefficient (Wildman–Crippen LogP) is 1.04. The zero-order valence-electron chi connectivity index (χ0n) is 17.1. The van der Waals surface area contributed by atoms with Crippen LogP contribution in [0.4, 0.5) is 11.4 Å². The first kappa shape index (κ1) is 21.0. The smallest absolute Gasteiger partial charge is 0.292 e. The van der Waals surface area contributed by atoms with E-state index in [-0.39, 0.29) is 28.3 Å². The molecule has 2 fully saturated rings. The van der Waals surface area contributed by atoms with Crippen LogP contribution in [-0.4, -0.2) is 91.3 Å². The van der Waals surface area contributed by atoms with Gasteiger partial charge in [-0.2, -0.15) is 0 Å². The molecule has 0 unspecified atom stereocenters. The molecule has 0 bridgehead atoms. The van der Waals surface area contributed by atoms with Crippen molar-refractivity contribution < 1.29 is 14.5 Å². The Bertz CT molecular complexity index is 753. The van der Waals surface area contributed by atoms with Crippen molar-refractivity contribution in [1.29, 1.82) is 0 Å². The number of nitro groups is 1. The Hall–Kier alpha value is -2.68. The molecule has 158 valence electrons. The van der Waals surface area contributed by atoms with Gasteiger partial charge in [-0.3, -0.25) is 24.6 Å². The lowest BCUT2D eigenvalue weighted by Gasteiger charge is -2.39. The molecule has 2 aliphatic heterocycles. The third kappa shape index (κ3) is 5.03. The van der Waals surface area contributed by atoms with Crippen molar-refractivity contribution in [3.05, 3.63) is 34.4 Å². The number of carbonyl (C=O) groups is 2. The first-order valence-electron chi connectivity index (χ1n) is 10.1. The second-order valence-electron chi connectivity index (χ2n) is 7.90. The fraction of sp³-hybridized carbons (Fsp3) is 0.600. The largest absolute Gasteiger partial charge is 0.366 e. The second-order valence-corrected chi connectivity index (χ2v) is 7.90. The van der Waals surface area contributed by atoms with Crippen molar-refractivity contribution in [3.8, 4) is 0 Å². The minimum atomic E-state index is -0.354. The summed E-state index contributed by atoms with van der Waals surface area (Å²) in [6.45, 7) is 4.37. The van der Waals surface area contributed by atoms with E-state index in [0.29, 0.717) is 64.3 Å². The maximum atomic E-state index is 12.9. The maximum absolute atomic E-state index is 12.9. The van der Waals surface area contributed by atoms with E-state index in [1.54, 1.807) is 37.2 Å². The molecule has 1 aromatic rings. The molecule has 0 N–H and O–H groups in total. The number of benzene rings is 1. The summed E-state index contributed by atoms with van der Waals surface area (Å²) in [4.78, 5) is 43.3. The van der Waals surface area contributed by atoms with Gasteiger partial charge in [0.05, 0.1) is 11.5 Å². The molecular weight excluding hydrogens is 374 g/mol. The van der Waals surface area contributed by atoms with E-state index >= 15 is 0 Å². The Kier molecular flexibility index (Phi) is 6.68. The number of rotatable bonds is 5. The molecule has 2 aliphatic rings. The quantitative estimate of drug-likeness (QED) is 0.539. The Labute approximate surface area is 171 Å². The van der Waals surface area contributed by atoms with E-state index in [0.717, 1.165) is 0 Å². The third-order valence-corrected chi connectivity index (χ3v) is 5.80. The number of hydrogen-bond donors (Lipinski definition) is 0. The summed E-state index contributed by atoms with van der Waals surface area (Å²) in [5.74, 6) is 0.210.